The van der Waals surface area contributed by atoms with Crippen LogP contribution in [0.4, 0.5) is 0 Å². The van der Waals surface area contributed by atoms with E-state index in [-0.39, 0.29) is 0 Å². The van der Waals surface area contributed by atoms with Crippen molar-refractivity contribution in [3.05, 3.63) is 29.8 Å². The lowest BCUT2D eigenvalue weighted by atomic mass is 10.0. The van der Waals surface area contributed by atoms with E-state index in [0.29, 0.717) is 17.0 Å². The van der Waals surface area contributed by atoms with Crippen molar-refractivity contribution in [2.24, 2.45) is 0 Å². The molecule has 0 radical (unpaired) electrons. The van der Waals surface area contributed by atoms with Crippen LogP contribution in [-0.2, 0) is 4.12 Å². The SMILES string of the molecule is CC(C)c1ccccc1[Si](O[SiH3])(C(C)C)C(C)C. The Morgan fingerprint density at radius 1 is 0.944 bits per heavy atom. The van der Waals surface area contributed by atoms with Crippen LogP contribution in [0.5, 0.6) is 0 Å². The Labute approximate surface area is 117 Å². The Hall–Kier alpha value is -0.386. The van der Waals surface area contributed by atoms with Crippen molar-refractivity contribution in [3.8, 4) is 0 Å². The van der Waals surface area contributed by atoms with E-state index >= 15 is 0 Å². The molecule has 1 aromatic rings. The first-order valence-corrected chi connectivity index (χ1v) is 9.90. The van der Waals surface area contributed by atoms with E-state index in [1.165, 1.54) is 10.8 Å². The molecule has 0 bridgehead atoms. The third-order valence-electron chi connectivity index (χ3n) is 4.06. The Morgan fingerprint density at radius 2 is 1.44 bits per heavy atom. The van der Waals surface area contributed by atoms with Crippen molar-refractivity contribution >= 4 is 24.0 Å². The second-order valence-electron chi connectivity index (χ2n) is 6.05. The molecule has 0 aliphatic heterocycles. The van der Waals surface area contributed by atoms with Crippen molar-refractivity contribution in [1.29, 1.82) is 0 Å². The van der Waals surface area contributed by atoms with E-state index < -0.39 is 8.32 Å². The maximum atomic E-state index is 6.32. The van der Waals surface area contributed by atoms with E-state index in [1.807, 2.05) is 0 Å². The third-order valence-corrected chi connectivity index (χ3v) is 11.5. The molecule has 0 heterocycles. The van der Waals surface area contributed by atoms with Gasteiger partial charge in [-0.25, -0.2) is 0 Å². The first kappa shape index (κ1) is 15.7. The number of benzene rings is 1. The minimum atomic E-state index is -1.85. The fourth-order valence-corrected chi connectivity index (χ4v) is 11.6. The Bertz CT molecular complexity index is 378. The maximum Gasteiger partial charge on any atom is 0.217 e. The summed E-state index contributed by atoms with van der Waals surface area (Å²) in [6.45, 7) is 13.9. The van der Waals surface area contributed by atoms with Gasteiger partial charge >= 0.3 is 0 Å². The summed E-state index contributed by atoms with van der Waals surface area (Å²) in [7, 11) is -1.01. The van der Waals surface area contributed by atoms with Gasteiger partial charge in [-0.05, 0) is 27.8 Å². The summed E-state index contributed by atoms with van der Waals surface area (Å²) >= 11 is 0. The molecule has 0 saturated heterocycles. The van der Waals surface area contributed by atoms with E-state index in [9.17, 15) is 0 Å². The molecule has 0 fully saturated rings. The smallest absolute Gasteiger partial charge is 0.217 e. The summed E-state index contributed by atoms with van der Waals surface area (Å²) in [5.74, 6) is 0.572. The topological polar surface area (TPSA) is 9.23 Å². The summed E-state index contributed by atoms with van der Waals surface area (Å²) in [4.78, 5) is 0. The van der Waals surface area contributed by atoms with Gasteiger partial charge in [0.05, 0.1) is 0 Å². The standard InChI is InChI=1S/C15H28OSi2/c1-11(2)14-9-7-8-10-15(14)18(16-17,12(3)4)13(5)6/h7-13H,1-6,17H3. The van der Waals surface area contributed by atoms with Gasteiger partial charge in [0.1, 0.15) is 10.5 Å². The second kappa shape index (κ2) is 6.17. The zero-order chi connectivity index (χ0) is 13.9. The van der Waals surface area contributed by atoms with E-state index in [0.717, 1.165) is 10.5 Å². The highest BCUT2D eigenvalue weighted by molar-refractivity contribution is 6.90. The van der Waals surface area contributed by atoms with Crippen molar-refractivity contribution in [3.63, 3.8) is 0 Å². The summed E-state index contributed by atoms with van der Waals surface area (Å²) in [5, 5.41) is 1.53. The van der Waals surface area contributed by atoms with Gasteiger partial charge in [-0.1, -0.05) is 65.8 Å². The quantitative estimate of drug-likeness (QED) is 0.753. The van der Waals surface area contributed by atoms with Gasteiger partial charge in [0.2, 0.25) is 8.32 Å². The molecule has 1 rings (SSSR count). The Balaban J connectivity index is 3.47. The highest BCUT2D eigenvalue weighted by atomic mass is 28.4. The molecule has 0 atom stereocenters. The average Bonchev–Trinajstić information content (AvgIpc) is 2.30. The lowest BCUT2D eigenvalue weighted by Crippen LogP contribution is -2.57. The van der Waals surface area contributed by atoms with Crippen LogP contribution in [0.1, 0.15) is 53.0 Å². The van der Waals surface area contributed by atoms with Gasteiger partial charge in [0.15, 0.2) is 0 Å². The summed E-state index contributed by atoms with van der Waals surface area (Å²) < 4.78 is 6.32. The molecule has 0 aromatic heterocycles. The van der Waals surface area contributed by atoms with Crippen LogP contribution < -0.4 is 5.19 Å². The van der Waals surface area contributed by atoms with Gasteiger partial charge in [0, 0.05) is 0 Å². The summed E-state index contributed by atoms with van der Waals surface area (Å²) in [5.41, 5.74) is 2.73. The van der Waals surface area contributed by atoms with Crippen LogP contribution in [0.15, 0.2) is 24.3 Å². The highest BCUT2D eigenvalue weighted by Gasteiger charge is 2.43. The van der Waals surface area contributed by atoms with Gasteiger partial charge in [-0.15, -0.1) is 0 Å². The lowest BCUT2D eigenvalue weighted by Gasteiger charge is -2.40. The highest BCUT2D eigenvalue weighted by Crippen LogP contribution is 2.34. The van der Waals surface area contributed by atoms with Gasteiger partial charge < -0.3 is 4.12 Å². The molecule has 0 amide bonds. The van der Waals surface area contributed by atoms with Gasteiger partial charge in [-0.3, -0.25) is 0 Å². The molecule has 0 N–H and O–H groups in total. The van der Waals surface area contributed by atoms with E-state index in [4.69, 9.17) is 4.12 Å². The second-order valence-corrected chi connectivity index (χ2v) is 12.1. The lowest BCUT2D eigenvalue weighted by molar-refractivity contribution is 0.562. The van der Waals surface area contributed by atoms with Gasteiger partial charge in [-0.2, -0.15) is 0 Å². The first-order valence-electron chi connectivity index (χ1n) is 7.02. The summed E-state index contributed by atoms with van der Waals surface area (Å²) in [6, 6.07) is 8.94. The minimum Gasteiger partial charge on any atom is -0.460 e. The normalized spacial score (nSPS) is 12.9. The van der Waals surface area contributed by atoms with Crippen LogP contribution in [0.3, 0.4) is 0 Å². The molecule has 18 heavy (non-hydrogen) atoms. The molecule has 0 saturated carbocycles. The Kier molecular flexibility index (Phi) is 5.37. The maximum absolute atomic E-state index is 6.32. The van der Waals surface area contributed by atoms with E-state index in [1.54, 1.807) is 0 Å². The molecule has 0 unspecified atom stereocenters. The average molecular weight is 281 g/mol. The molecule has 102 valence electrons. The van der Waals surface area contributed by atoms with E-state index in [2.05, 4.69) is 65.8 Å². The number of rotatable bonds is 5. The zero-order valence-corrected chi connectivity index (χ0v) is 15.9. The predicted molar refractivity (Wildman–Crippen MR) is 87.1 cm³/mol. The molecular weight excluding hydrogens is 252 g/mol. The summed E-state index contributed by atoms with van der Waals surface area (Å²) in [6.07, 6.45) is 0. The number of hydrogen-bond donors (Lipinski definition) is 0. The fourth-order valence-electron chi connectivity index (χ4n) is 3.23. The van der Waals surface area contributed by atoms with Crippen LogP contribution in [-0.4, -0.2) is 18.8 Å². The van der Waals surface area contributed by atoms with Crippen LogP contribution in [0, 0.1) is 0 Å². The monoisotopic (exact) mass is 280 g/mol. The van der Waals surface area contributed by atoms with Crippen molar-refractivity contribution in [2.75, 3.05) is 0 Å². The number of hydrogen-bond acceptors (Lipinski definition) is 1. The zero-order valence-electron chi connectivity index (χ0n) is 12.9. The molecule has 1 nitrogen and oxygen atoms in total. The van der Waals surface area contributed by atoms with Crippen molar-refractivity contribution < 1.29 is 4.12 Å². The van der Waals surface area contributed by atoms with Crippen LogP contribution in [0.25, 0.3) is 0 Å². The van der Waals surface area contributed by atoms with Gasteiger partial charge in [0.25, 0.3) is 0 Å². The molecule has 0 aliphatic carbocycles. The third kappa shape index (κ3) is 2.63. The molecular formula is C15H28OSi2. The fraction of sp³-hybridized carbons (Fsp3) is 0.600. The molecule has 3 heteroatoms. The van der Waals surface area contributed by atoms with Crippen molar-refractivity contribution in [2.45, 2.75) is 58.5 Å². The van der Waals surface area contributed by atoms with Crippen LogP contribution >= 0.6 is 0 Å². The Morgan fingerprint density at radius 3 is 1.83 bits per heavy atom. The molecule has 0 spiro atoms. The van der Waals surface area contributed by atoms with Crippen molar-refractivity contribution in [1.82, 2.24) is 0 Å². The predicted octanol–water partition coefficient (Wildman–Crippen LogP) is 3.08. The minimum absolute atomic E-state index is 0.572. The molecule has 0 aliphatic rings. The molecule has 1 aromatic carbocycles. The first-order chi connectivity index (χ1) is 8.37. The van der Waals surface area contributed by atoms with Crippen LogP contribution in [0.2, 0.25) is 11.1 Å². The largest absolute Gasteiger partial charge is 0.460 e.